The predicted octanol–water partition coefficient (Wildman–Crippen LogP) is 2.17. The number of anilines is 1. The van der Waals surface area contributed by atoms with Gasteiger partial charge in [-0.1, -0.05) is 0 Å². The Kier molecular flexibility index (Phi) is 3.53. The number of nitrogens with zero attached hydrogens (tertiary/aromatic N) is 1. The van der Waals surface area contributed by atoms with Crippen molar-refractivity contribution in [1.82, 2.24) is 0 Å². The largest absolute Gasteiger partial charge is 0.457 e. The molecule has 0 radical (unpaired) electrons. The average molecular weight is 271 g/mol. The van der Waals surface area contributed by atoms with E-state index in [0.717, 1.165) is 6.07 Å². The van der Waals surface area contributed by atoms with Crippen molar-refractivity contribution in [2.75, 3.05) is 5.73 Å². The van der Waals surface area contributed by atoms with Crippen LogP contribution in [0.2, 0.25) is 0 Å². The Labute approximate surface area is 114 Å². The van der Waals surface area contributed by atoms with Gasteiger partial charge in [-0.3, -0.25) is 4.79 Å². The molecule has 0 aliphatic carbocycles. The highest BCUT2D eigenvalue weighted by Crippen LogP contribution is 2.26. The van der Waals surface area contributed by atoms with Crippen molar-refractivity contribution in [1.29, 1.82) is 5.26 Å². The van der Waals surface area contributed by atoms with Crippen LogP contribution in [0, 0.1) is 17.1 Å². The number of hydrogen-bond donors (Lipinski definition) is 2. The molecule has 4 N–H and O–H groups in total. The number of primary amides is 1. The summed E-state index contributed by atoms with van der Waals surface area (Å²) in [6.45, 7) is 0. The zero-order chi connectivity index (χ0) is 14.7. The number of carbonyl (C=O) groups excluding carboxylic acids is 1. The number of nitrogen functional groups attached to an aromatic ring is 1. The first-order chi connectivity index (χ1) is 9.51. The van der Waals surface area contributed by atoms with Crippen LogP contribution >= 0.6 is 0 Å². The van der Waals surface area contributed by atoms with Crippen LogP contribution in [0.15, 0.2) is 36.4 Å². The van der Waals surface area contributed by atoms with Crippen LogP contribution < -0.4 is 16.2 Å². The first-order valence-corrected chi connectivity index (χ1v) is 5.58. The molecule has 5 nitrogen and oxygen atoms in total. The van der Waals surface area contributed by atoms with Crippen LogP contribution in [-0.2, 0) is 0 Å². The summed E-state index contributed by atoms with van der Waals surface area (Å²) in [7, 11) is 0. The molecule has 2 rings (SSSR count). The minimum absolute atomic E-state index is 0.191. The minimum Gasteiger partial charge on any atom is -0.457 e. The number of benzene rings is 2. The molecule has 0 saturated carbocycles. The fraction of sp³-hybridized carbons (Fsp3) is 0. The highest BCUT2D eigenvalue weighted by atomic mass is 19.1. The second-order valence-electron chi connectivity index (χ2n) is 3.97. The molecule has 0 fully saturated rings. The van der Waals surface area contributed by atoms with Gasteiger partial charge < -0.3 is 16.2 Å². The lowest BCUT2D eigenvalue weighted by Gasteiger charge is -2.08. The summed E-state index contributed by atoms with van der Waals surface area (Å²) in [6, 6.07) is 10.1. The van der Waals surface area contributed by atoms with Gasteiger partial charge in [-0.15, -0.1) is 0 Å². The standard InChI is InChI=1S/C14H10FN3O2/c15-12-5-9(3-4-11(12)14(18)19)20-10-2-1-8(7-16)13(17)6-10/h1-6H,17H2,(H2,18,19). The Morgan fingerprint density at radius 3 is 2.40 bits per heavy atom. The number of amides is 1. The zero-order valence-electron chi connectivity index (χ0n) is 10.3. The summed E-state index contributed by atoms with van der Waals surface area (Å²) < 4.78 is 18.9. The van der Waals surface area contributed by atoms with E-state index in [-0.39, 0.29) is 17.0 Å². The van der Waals surface area contributed by atoms with Crippen molar-refractivity contribution in [2.45, 2.75) is 0 Å². The van der Waals surface area contributed by atoms with Gasteiger partial charge >= 0.3 is 0 Å². The summed E-state index contributed by atoms with van der Waals surface area (Å²) in [5.41, 5.74) is 11.0. The molecule has 0 unspecified atom stereocenters. The van der Waals surface area contributed by atoms with Crippen molar-refractivity contribution in [3.8, 4) is 17.6 Å². The number of hydrogen-bond acceptors (Lipinski definition) is 4. The minimum atomic E-state index is -0.850. The van der Waals surface area contributed by atoms with Gasteiger partial charge in [0, 0.05) is 12.1 Å². The fourth-order valence-corrected chi connectivity index (χ4v) is 1.60. The number of halogens is 1. The molecule has 0 atom stereocenters. The van der Waals surface area contributed by atoms with E-state index in [2.05, 4.69) is 0 Å². The Morgan fingerprint density at radius 2 is 1.85 bits per heavy atom. The lowest BCUT2D eigenvalue weighted by molar-refractivity contribution is 0.0996. The van der Waals surface area contributed by atoms with Crippen molar-refractivity contribution in [2.24, 2.45) is 5.73 Å². The third-order valence-electron chi connectivity index (χ3n) is 2.59. The van der Waals surface area contributed by atoms with E-state index in [1.54, 1.807) is 0 Å². The van der Waals surface area contributed by atoms with Crippen LogP contribution in [0.25, 0.3) is 0 Å². The number of ether oxygens (including phenoxy) is 1. The molecule has 100 valence electrons. The van der Waals surface area contributed by atoms with Gasteiger partial charge in [0.1, 0.15) is 23.4 Å². The molecule has 0 aromatic heterocycles. The van der Waals surface area contributed by atoms with Crippen molar-refractivity contribution in [3.05, 3.63) is 53.3 Å². The highest BCUT2D eigenvalue weighted by Gasteiger charge is 2.10. The third kappa shape index (κ3) is 2.67. The van der Waals surface area contributed by atoms with E-state index in [1.165, 1.54) is 30.3 Å². The second-order valence-corrected chi connectivity index (χ2v) is 3.97. The SMILES string of the molecule is N#Cc1ccc(Oc2ccc(C(N)=O)c(F)c2)cc1N. The Hall–Kier alpha value is -3.07. The van der Waals surface area contributed by atoms with Gasteiger partial charge in [0.15, 0.2) is 0 Å². The van der Waals surface area contributed by atoms with Gasteiger partial charge in [-0.25, -0.2) is 4.39 Å². The predicted molar refractivity (Wildman–Crippen MR) is 70.6 cm³/mol. The number of nitriles is 1. The molecule has 0 saturated heterocycles. The number of nitrogens with two attached hydrogens (primary N) is 2. The first kappa shape index (κ1) is 13.4. The van der Waals surface area contributed by atoms with Crippen LogP contribution in [0.5, 0.6) is 11.5 Å². The Balaban J connectivity index is 2.27. The van der Waals surface area contributed by atoms with Crippen LogP contribution in [0.1, 0.15) is 15.9 Å². The molecular formula is C14H10FN3O2. The third-order valence-corrected chi connectivity index (χ3v) is 2.59. The van der Waals surface area contributed by atoms with E-state index in [0.29, 0.717) is 11.3 Å². The number of rotatable bonds is 3. The Morgan fingerprint density at radius 1 is 1.20 bits per heavy atom. The summed E-state index contributed by atoms with van der Waals surface area (Å²) in [4.78, 5) is 10.9. The second kappa shape index (κ2) is 5.28. The summed E-state index contributed by atoms with van der Waals surface area (Å²) in [5.74, 6) is -1.07. The maximum absolute atomic E-state index is 13.6. The monoisotopic (exact) mass is 271 g/mol. The summed E-state index contributed by atoms with van der Waals surface area (Å²) >= 11 is 0. The molecule has 0 aliphatic heterocycles. The fourth-order valence-electron chi connectivity index (χ4n) is 1.60. The maximum Gasteiger partial charge on any atom is 0.251 e. The van der Waals surface area contributed by atoms with Gasteiger partial charge in [-0.05, 0) is 24.3 Å². The molecule has 0 spiro atoms. The molecule has 20 heavy (non-hydrogen) atoms. The molecule has 1 amide bonds. The van der Waals surface area contributed by atoms with Gasteiger partial charge in [0.2, 0.25) is 0 Å². The molecule has 0 aliphatic rings. The molecule has 0 bridgehead atoms. The van der Waals surface area contributed by atoms with E-state index >= 15 is 0 Å². The normalized spacial score (nSPS) is 9.80. The van der Waals surface area contributed by atoms with E-state index in [9.17, 15) is 9.18 Å². The van der Waals surface area contributed by atoms with Gasteiger partial charge in [0.25, 0.3) is 5.91 Å². The van der Waals surface area contributed by atoms with Crippen LogP contribution in [0.3, 0.4) is 0 Å². The molecule has 0 heterocycles. The van der Waals surface area contributed by atoms with Crippen molar-refractivity contribution in [3.63, 3.8) is 0 Å². The van der Waals surface area contributed by atoms with Crippen molar-refractivity contribution >= 4 is 11.6 Å². The molecule has 6 heteroatoms. The van der Waals surface area contributed by atoms with E-state index in [4.69, 9.17) is 21.5 Å². The molecule has 2 aromatic carbocycles. The zero-order valence-corrected chi connectivity index (χ0v) is 10.3. The first-order valence-electron chi connectivity index (χ1n) is 5.58. The average Bonchev–Trinajstić information content (AvgIpc) is 2.38. The Bertz CT molecular complexity index is 723. The van der Waals surface area contributed by atoms with Gasteiger partial charge in [-0.2, -0.15) is 5.26 Å². The summed E-state index contributed by atoms with van der Waals surface area (Å²) in [5, 5.41) is 8.75. The lowest BCUT2D eigenvalue weighted by atomic mass is 10.2. The van der Waals surface area contributed by atoms with Crippen LogP contribution in [-0.4, -0.2) is 5.91 Å². The van der Waals surface area contributed by atoms with Crippen LogP contribution in [0.4, 0.5) is 10.1 Å². The topological polar surface area (TPSA) is 102 Å². The summed E-state index contributed by atoms with van der Waals surface area (Å²) in [6.07, 6.45) is 0. The van der Waals surface area contributed by atoms with E-state index < -0.39 is 11.7 Å². The van der Waals surface area contributed by atoms with E-state index in [1.807, 2.05) is 6.07 Å². The van der Waals surface area contributed by atoms with Gasteiger partial charge in [0.05, 0.1) is 16.8 Å². The smallest absolute Gasteiger partial charge is 0.251 e. The quantitative estimate of drug-likeness (QED) is 0.835. The number of carbonyl (C=O) groups is 1. The maximum atomic E-state index is 13.6. The van der Waals surface area contributed by atoms with Crippen molar-refractivity contribution < 1.29 is 13.9 Å². The molecular weight excluding hydrogens is 261 g/mol. The lowest BCUT2D eigenvalue weighted by Crippen LogP contribution is -2.12. The highest BCUT2D eigenvalue weighted by molar-refractivity contribution is 5.93. The molecule has 2 aromatic rings.